The number of hydrogen-bond acceptors (Lipinski definition) is 2. The number of piperidine rings is 1. The van der Waals surface area contributed by atoms with Crippen LogP contribution in [0, 0.1) is 18.7 Å². The van der Waals surface area contributed by atoms with Crippen LogP contribution in [0.5, 0.6) is 0 Å². The van der Waals surface area contributed by atoms with E-state index < -0.39 is 0 Å². The molecule has 1 unspecified atom stereocenters. The predicted molar refractivity (Wildman–Crippen MR) is 99.2 cm³/mol. The highest BCUT2D eigenvalue weighted by atomic mass is 35.5. The molecule has 3 rings (SSSR count). The number of amides is 1. The molecule has 1 heterocycles. The summed E-state index contributed by atoms with van der Waals surface area (Å²) < 4.78 is 13.0. The Hall–Kier alpha value is -1.91. The summed E-state index contributed by atoms with van der Waals surface area (Å²) in [6.07, 6.45) is 1.86. The molecule has 0 aliphatic carbocycles. The SMILES string of the molecule is Cc1ccc(Cl)cc1NC(=O)C1CCCN(Cc2ccc(F)cc2)C1. The number of likely N-dealkylation sites (tertiary alicyclic amines) is 1. The minimum Gasteiger partial charge on any atom is -0.326 e. The fourth-order valence-electron chi connectivity index (χ4n) is 3.22. The first-order valence-electron chi connectivity index (χ1n) is 8.55. The Morgan fingerprint density at radius 3 is 2.80 bits per heavy atom. The number of carbonyl (C=O) groups is 1. The highest BCUT2D eigenvalue weighted by molar-refractivity contribution is 6.31. The largest absolute Gasteiger partial charge is 0.326 e. The van der Waals surface area contributed by atoms with E-state index in [4.69, 9.17) is 11.6 Å². The first kappa shape index (κ1) is 17.9. The lowest BCUT2D eigenvalue weighted by Gasteiger charge is -2.32. The fraction of sp³-hybridized carbons (Fsp3) is 0.350. The van der Waals surface area contributed by atoms with Crippen molar-refractivity contribution in [2.45, 2.75) is 26.3 Å². The van der Waals surface area contributed by atoms with E-state index in [1.807, 2.05) is 19.1 Å². The standard InChI is InChI=1S/C20H22ClFN2O/c1-14-4-7-17(21)11-19(14)23-20(25)16-3-2-10-24(13-16)12-15-5-8-18(22)9-6-15/h4-9,11,16H,2-3,10,12-13H2,1H3,(H,23,25). The molecule has 5 heteroatoms. The molecule has 0 spiro atoms. The molecular weight excluding hydrogens is 339 g/mol. The van der Waals surface area contributed by atoms with E-state index >= 15 is 0 Å². The quantitative estimate of drug-likeness (QED) is 0.861. The zero-order valence-corrected chi connectivity index (χ0v) is 15.0. The molecule has 3 nitrogen and oxygen atoms in total. The number of benzene rings is 2. The monoisotopic (exact) mass is 360 g/mol. The lowest BCUT2D eigenvalue weighted by molar-refractivity contribution is -0.121. The van der Waals surface area contributed by atoms with Crippen LogP contribution in [0.2, 0.25) is 5.02 Å². The van der Waals surface area contributed by atoms with Crippen LogP contribution in [0.15, 0.2) is 42.5 Å². The Morgan fingerprint density at radius 1 is 1.28 bits per heavy atom. The minimum atomic E-state index is -0.225. The lowest BCUT2D eigenvalue weighted by Crippen LogP contribution is -2.40. The van der Waals surface area contributed by atoms with E-state index in [2.05, 4.69) is 10.2 Å². The van der Waals surface area contributed by atoms with E-state index in [9.17, 15) is 9.18 Å². The van der Waals surface area contributed by atoms with E-state index in [1.165, 1.54) is 12.1 Å². The summed E-state index contributed by atoms with van der Waals surface area (Å²) in [6.45, 7) is 4.36. The van der Waals surface area contributed by atoms with E-state index in [0.717, 1.165) is 42.7 Å². The van der Waals surface area contributed by atoms with Gasteiger partial charge in [0.1, 0.15) is 5.82 Å². The molecule has 1 aliphatic rings. The van der Waals surface area contributed by atoms with Gasteiger partial charge in [-0.25, -0.2) is 4.39 Å². The van der Waals surface area contributed by atoms with Gasteiger partial charge in [0.25, 0.3) is 0 Å². The number of carbonyl (C=O) groups excluding carboxylic acids is 1. The summed E-state index contributed by atoms with van der Waals surface area (Å²) in [5.74, 6) is -0.238. The molecule has 0 radical (unpaired) electrons. The van der Waals surface area contributed by atoms with Crippen molar-refractivity contribution in [1.82, 2.24) is 4.90 Å². The maximum absolute atomic E-state index is 13.0. The van der Waals surface area contributed by atoms with Crippen LogP contribution in [-0.4, -0.2) is 23.9 Å². The van der Waals surface area contributed by atoms with Crippen molar-refractivity contribution in [1.29, 1.82) is 0 Å². The van der Waals surface area contributed by atoms with Crippen LogP contribution in [0.25, 0.3) is 0 Å². The van der Waals surface area contributed by atoms with Crippen molar-refractivity contribution in [2.24, 2.45) is 5.92 Å². The Bertz CT molecular complexity index is 748. The Balaban J connectivity index is 1.61. The first-order valence-corrected chi connectivity index (χ1v) is 8.93. The molecule has 0 saturated carbocycles. The summed E-state index contributed by atoms with van der Waals surface area (Å²) in [5.41, 5.74) is 2.83. The molecule has 1 fully saturated rings. The van der Waals surface area contributed by atoms with Gasteiger partial charge in [-0.2, -0.15) is 0 Å². The second-order valence-electron chi connectivity index (χ2n) is 6.65. The molecule has 2 aromatic rings. The van der Waals surface area contributed by atoms with Gasteiger partial charge in [-0.1, -0.05) is 29.8 Å². The number of nitrogens with zero attached hydrogens (tertiary/aromatic N) is 1. The molecule has 0 aromatic heterocycles. The number of nitrogens with one attached hydrogen (secondary N) is 1. The molecule has 1 N–H and O–H groups in total. The van der Waals surface area contributed by atoms with Crippen LogP contribution in [0.1, 0.15) is 24.0 Å². The molecule has 2 aromatic carbocycles. The third-order valence-electron chi connectivity index (χ3n) is 4.65. The predicted octanol–water partition coefficient (Wildman–Crippen LogP) is 4.64. The Kier molecular flexibility index (Phi) is 5.71. The van der Waals surface area contributed by atoms with Crippen LogP contribution in [-0.2, 0) is 11.3 Å². The highest BCUT2D eigenvalue weighted by Crippen LogP contribution is 2.24. The molecule has 132 valence electrons. The summed E-state index contributed by atoms with van der Waals surface area (Å²) in [4.78, 5) is 14.9. The molecule has 1 atom stereocenters. The Labute approximate surface area is 152 Å². The number of aryl methyl sites for hydroxylation is 1. The normalized spacial score (nSPS) is 18.1. The molecule has 25 heavy (non-hydrogen) atoms. The summed E-state index contributed by atoms with van der Waals surface area (Å²) >= 11 is 6.02. The van der Waals surface area contributed by atoms with Gasteiger partial charge >= 0.3 is 0 Å². The zero-order valence-electron chi connectivity index (χ0n) is 14.3. The molecule has 0 bridgehead atoms. The van der Waals surface area contributed by atoms with Crippen LogP contribution < -0.4 is 5.32 Å². The number of hydrogen-bond donors (Lipinski definition) is 1. The van der Waals surface area contributed by atoms with Crippen molar-refractivity contribution >= 4 is 23.2 Å². The van der Waals surface area contributed by atoms with Crippen LogP contribution in [0.3, 0.4) is 0 Å². The van der Waals surface area contributed by atoms with Crippen LogP contribution in [0.4, 0.5) is 10.1 Å². The number of rotatable bonds is 4. The van der Waals surface area contributed by atoms with Gasteiger partial charge in [-0.05, 0) is 61.7 Å². The molecular formula is C20H22ClFN2O. The fourth-order valence-corrected chi connectivity index (χ4v) is 3.40. The Morgan fingerprint density at radius 2 is 2.04 bits per heavy atom. The van der Waals surface area contributed by atoms with Gasteiger partial charge in [0.05, 0.1) is 5.92 Å². The topological polar surface area (TPSA) is 32.3 Å². The van der Waals surface area contributed by atoms with Gasteiger partial charge in [0.15, 0.2) is 0 Å². The van der Waals surface area contributed by atoms with E-state index in [1.54, 1.807) is 18.2 Å². The molecule has 1 aliphatic heterocycles. The summed E-state index contributed by atoms with van der Waals surface area (Å²) in [7, 11) is 0. The van der Waals surface area contributed by atoms with Gasteiger partial charge in [-0.15, -0.1) is 0 Å². The van der Waals surface area contributed by atoms with Gasteiger partial charge in [-0.3, -0.25) is 9.69 Å². The van der Waals surface area contributed by atoms with Crippen molar-refractivity contribution in [3.05, 3.63) is 64.4 Å². The van der Waals surface area contributed by atoms with Gasteiger partial charge in [0, 0.05) is 23.8 Å². The lowest BCUT2D eigenvalue weighted by atomic mass is 9.96. The van der Waals surface area contributed by atoms with Gasteiger partial charge < -0.3 is 5.32 Å². The number of anilines is 1. The number of halogens is 2. The van der Waals surface area contributed by atoms with Gasteiger partial charge in [0.2, 0.25) is 5.91 Å². The van der Waals surface area contributed by atoms with Crippen LogP contribution >= 0.6 is 11.6 Å². The van der Waals surface area contributed by atoms with E-state index in [0.29, 0.717) is 11.6 Å². The smallest absolute Gasteiger partial charge is 0.228 e. The summed E-state index contributed by atoms with van der Waals surface area (Å²) in [5, 5.41) is 3.63. The van der Waals surface area contributed by atoms with E-state index in [-0.39, 0.29) is 17.6 Å². The third kappa shape index (κ3) is 4.80. The summed E-state index contributed by atoms with van der Waals surface area (Å²) in [6, 6.07) is 12.1. The van der Waals surface area contributed by atoms with Crippen molar-refractivity contribution in [3.8, 4) is 0 Å². The first-order chi connectivity index (χ1) is 12.0. The second kappa shape index (κ2) is 7.98. The average molecular weight is 361 g/mol. The highest BCUT2D eigenvalue weighted by Gasteiger charge is 2.26. The second-order valence-corrected chi connectivity index (χ2v) is 7.09. The van der Waals surface area contributed by atoms with Crippen molar-refractivity contribution in [3.63, 3.8) is 0 Å². The average Bonchev–Trinajstić information content (AvgIpc) is 2.60. The molecule has 1 saturated heterocycles. The maximum atomic E-state index is 13.0. The maximum Gasteiger partial charge on any atom is 0.228 e. The zero-order chi connectivity index (χ0) is 17.8. The van der Waals surface area contributed by atoms with Crippen molar-refractivity contribution in [2.75, 3.05) is 18.4 Å². The van der Waals surface area contributed by atoms with Crippen molar-refractivity contribution < 1.29 is 9.18 Å². The third-order valence-corrected chi connectivity index (χ3v) is 4.89. The molecule has 1 amide bonds. The minimum absolute atomic E-state index is 0.0363.